The number of nitrogens with zero attached hydrogens (tertiary/aromatic N) is 1. The van der Waals surface area contributed by atoms with Crippen LogP contribution in [0.5, 0.6) is 0 Å². The largest absolute Gasteiger partial charge is 0.444 e. The lowest BCUT2D eigenvalue weighted by Gasteiger charge is -2.21. The SMILES string of the molecule is CC(C)(C)OC(=O)NCCC(O)C(O)c1ccnc(F)c1C=O. The third kappa shape index (κ3) is 5.91. The van der Waals surface area contributed by atoms with E-state index in [1.165, 1.54) is 6.07 Å². The predicted octanol–water partition coefficient (Wildman–Crippen LogP) is 1.34. The molecule has 0 bridgehead atoms. The van der Waals surface area contributed by atoms with Crippen LogP contribution in [0.4, 0.5) is 9.18 Å². The fraction of sp³-hybridized carbons (Fsp3) is 0.533. The molecule has 128 valence electrons. The van der Waals surface area contributed by atoms with Crippen molar-refractivity contribution in [3.05, 3.63) is 29.3 Å². The van der Waals surface area contributed by atoms with Gasteiger partial charge in [0.1, 0.15) is 11.7 Å². The van der Waals surface area contributed by atoms with Crippen LogP contribution in [0.2, 0.25) is 0 Å². The maximum absolute atomic E-state index is 13.4. The number of rotatable bonds is 6. The maximum atomic E-state index is 13.4. The van der Waals surface area contributed by atoms with Crippen LogP contribution >= 0.6 is 0 Å². The molecule has 1 heterocycles. The number of pyridine rings is 1. The van der Waals surface area contributed by atoms with Crippen molar-refractivity contribution < 1.29 is 28.9 Å². The van der Waals surface area contributed by atoms with Gasteiger partial charge in [-0.05, 0) is 38.8 Å². The van der Waals surface area contributed by atoms with Gasteiger partial charge in [-0.1, -0.05) is 0 Å². The third-order valence-corrected chi connectivity index (χ3v) is 2.88. The molecule has 0 fully saturated rings. The monoisotopic (exact) mass is 328 g/mol. The summed E-state index contributed by atoms with van der Waals surface area (Å²) in [4.78, 5) is 25.6. The number of ether oxygens (including phenoxy) is 1. The number of amides is 1. The second kappa shape index (κ2) is 7.98. The molecule has 3 N–H and O–H groups in total. The fourth-order valence-corrected chi connectivity index (χ4v) is 1.84. The molecule has 8 heteroatoms. The van der Waals surface area contributed by atoms with Gasteiger partial charge in [0.2, 0.25) is 5.95 Å². The van der Waals surface area contributed by atoms with Gasteiger partial charge in [0.25, 0.3) is 0 Å². The average molecular weight is 328 g/mol. The fourth-order valence-electron chi connectivity index (χ4n) is 1.84. The second-order valence-electron chi connectivity index (χ2n) is 5.95. The topological polar surface area (TPSA) is 109 Å². The number of carbonyl (C=O) groups is 2. The van der Waals surface area contributed by atoms with Crippen LogP contribution in [-0.4, -0.2) is 45.8 Å². The maximum Gasteiger partial charge on any atom is 0.407 e. The average Bonchev–Trinajstić information content (AvgIpc) is 2.44. The Balaban J connectivity index is 2.58. The zero-order chi connectivity index (χ0) is 17.6. The first kappa shape index (κ1) is 19.0. The molecular formula is C15H21FN2O5. The van der Waals surface area contributed by atoms with Crippen LogP contribution in [0.1, 0.15) is 49.2 Å². The molecule has 0 aromatic carbocycles. The first-order valence-electron chi connectivity index (χ1n) is 7.08. The molecule has 2 atom stereocenters. The standard InChI is InChI=1S/C15H21FN2O5/c1-15(2,3)23-14(22)18-7-5-11(20)12(21)9-4-6-17-13(16)10(9)8-19/h4,6,8,11-12,20-21H,5,7H2,1-3H3,(H,18,22). The highest BCUT2D eigenvalue weighted by atomic mass is 19.1. The molecule has 1 amide bonds. The predicted molar refractivity (Wildman–Crippen MR) is 79.4 cm³/mol. The summed E-state index contributed by atoms with van der Waals surface area (Å²) in [5.74, 6) is -1.02. The Morgan fingerprint density at radius 2 is 2.13 bits per heavy atom. The van der Waals surface area contributed by atoms with Gasteiger partial charge < -0.3 is 20.3 Å². The summed E-state index contributed by atoms with van der Waals surface area (Å²) < 4.78 is 18.4. The number of aliphatic hydroxyl groups is 2. The number of hydrogen-bond donors (Lipinski definition) is 3. The number of carbonyl (C=O) groups excluding carboxylic acids is 2. The van der Waals surface area contributed by atoms with Crippen LogP contribution in [0.15, 0.2) is 12.3 Å². The van der Waals surface area contributed by atoms with Crippen molar-refractivity contribution in [2.75, 3.05) is 6.54 Å². The molecular weight excluding hydrogens is 307 g/mol. The number of halogens is 1. The van der Waals surface area contributed by atoms with E-state index in [0.717, 1.165) is 6.20 Å². The van der Waals surface area contributed by atoms with E-state index in [2.05, 4.69) is 10.3 Å². The lowest BCUT2D eigenvalue weighted by atomic mass is 9.99. The summed E-state index contributed by atoms with van der Waals surface area (Å²) in [6, 6.07) is 1.25. The van der Waals surface area contributed by atoms with E-state index in [0.29, 0.717) is 0 Å². The summed E-state index contributed by atoms with van der Waals surface area (Å²) in [6.07, 6.45) is -2.12. The van der Waals surface area contributed by atoms with Crippen LogP contribution < -0.4 is 5.32 Å². The zero-order valence-electron chi connectivity index (χ0n) is 13.2. The van der Waals surface area contributed by atoms with E-state index in [1.54, 1.807) is 20.8 Å². The Morgan fingerprint density at radius 1 is 1.48 bits per heavy atom. The van der Waals surface area contributed by atoms with Crippen LogP contribution in [0.25, 0.3) is 0 Å². The van der Waals surface area contributed by atoms with E-state index in [9.17, 15) is 24.2 Å². The van der Waals surface area contributed by atoms with Gasteiger partial charge in [0.05, 0.1) is 11.7 Å². The minimum absolute atomic E-state index is 0.0113. The van der Waals surface area contributed by atoms with Crippen LogP contribution in [-0.2, 0) is 4.74 Å². The van der Waals surface area contributed by atoms with E-state index in [-0.39, 0.29) is 24.8 Å². The highest BCUT2D eigenvalue weighted by molar-refractivity contribution is 5.77. The Hall–Kier alpha value is -2.06. The van der Waals surface area contributed by atoms with Crippen molar-refractivity contribution >= 4 is 12.4 Å². The molecule has 0 aliphatic rings. The van der Waals surface area contributed by atoms with Crippen molar-refractivity contribution in [3.8, 4) is 0 Å². The minimum Gasteiger partial charge on any atom is -0.444 e. The molecule has 0 spiro atoms. The minimum atomic E-state index is -1.48. The molecule has 1 rings (SSSR count). The molecule has 1 aromatic heterocycles. The lowest BCUT2D eigenvalue weighted by molar-refractivity contribution is 0.0118. The Morgan fingerprint density at radius 3 is 2.70 bits per heavy atom. The molecule has 1 aromatic rings. The van der Waals surface area contributed by atoms with Crippen molar-refractivity contribution in [2.45, 2.75) is 45.0 Å². The van der Waals surface area contributed by atoms with Gasteiger partial charge in [-0.25, -0.2) is 9.78 Å². The molecule has 0 radical (unpaired) electrons. The second-order valence-corrected chi connectivity index (χ2v) is 5.95. The number of aldehydes is 1. The normalized spacial score (nSPS) is 14.0. The van der Waals surface area contributed by atoms with Crippen LogP contribution in [0, 0.1) is 5.95 Å². The molecule has 7 nitrogen and oxygen atoms in total. The van der Waals surface area contributed by atoms with E-state index >= 15 is 0 Å². The Kier molecular flexibility index (Phi) is 6.59. The van der Waals surface area contributed by atoms with E-state index in [4.69, 9.17) is 4.74 Å². The van der Waals surface area contributed by atoms with Crippen molar-refractivity contribution in [2.24, 2.45) is 0 Å². The summed E-state index contributed by atoms with van der Waals surface area (Å²) in [6.45, 7) is 5.18. The van der Waals surface area contributed by atoms with Gasteiger partial charge in [-0.3, -0.25) is 4.79 Å². The first-order valence-corrected chi connectivity index (χ1v) is 7.08. The number of nitrogens with one attached hydrogen (secondary N) is 1. The summed E-state index contributed by atoms with van der Waals surface area (Å²) in [5, 5.41) is 22.4. The number of alkyl carbamates (subject to hydrolysis) is 1. The van der Waals surface area contributed by atoms with Crippen LogP contribution in [0.3, 0.4) is 0 Å². The summed E-state index contributed by atoms with van der Waals surface area (Å²) >= 11 is 0. The Labute approximate surface area is 133 Å². The van der Waals surface area contributed by atoms with Gasteiger partial charge in [0, 0.05) is 12.7 Å². The number of aromatic nitrogens is 1. The number of aliphatic hydroxyl groups excluding tert-OH is 2. The molecule has 23 heavy (non-hydrogen) atoms. The van der Waals surface area contributed by atoms with E-state index in [1.807, 2.05) is 0 Å². The lowest BCUT2D eigenvalue weighted by Crippen LogP contribution is -2.34. The van der Waals surface area contributed by atoms with Gasteiger partial charge in [-0.15, -0.1) is 0 Å². The van der Waals surface area contributed by atoms with Crippen molar-refractivity contribution in [3.63, 3.8) is 0 Å². The molecule has 2 unspecified atom stereocenters. The third-order valence-electron chi connectivity index (χ3n) is 2.88. The van der Waals surface area contributed by atoms with Gasteiger partial charge >= 0.3 is 6.09 Å². The van der Waals surface area contributed by atoms with Gasteiger partial charge in [0.15, 0.2) is 6.29 Å². The highest BCUT2D eigenvalue weighted by Gasteiger charge is 2.23. The molecule has 0 saturated carbocycles. The summed E-state index contributed by atoms with van der Waals surface area (Å²) in [7, 11) is 0. The Bertz CT molecular complexity index is 559. The molecule has 0 saturated heterocycles. The number of hydrogen-bond acceptors (Lipinski definition) is 6. The zero-order valence-corrected chi connectivity index (χ0v) is 13.2. The van der Waals surface area contributed by atoms with E-state index < -0.39 is 35.4 Å². The van der Waals surface area contributed by atoms with Crippen molar-refractivity contribution in [1.29, 1.82) is 0 Å². The van der Waals surface area contributed by atoms with Gasteiger partial charge in [-0.2, -0.15) is 4.39 Å². The smallest absolute Gasteiger partial charge is 0.407 e. The summed E-state index contributed by atoms with van der Waals surface area (Å²) in [5.41, 5.74) is -1.10. The molecule has 0 aliphatic carbocycles. The quantitative estimate of drug-likeness (QED) is 0.537. The molecule has 0 aliphatic heterocycles. The first-order chi connectivity index (χ1) is 10.7. The van der Waals surface area contributed by atoms with Crippen molar-refractivity contribution in [1.82, 2.24) is 10.3 Å². The highest BCUT2D eigenvalue weighted by Crippen LogP contribution is 2.22.